The Balaban J connectivity index is 3.86. The van der Waals surface area contributed by atoms with Crippen LogP contribution in [-0.2, 0) is 14.4 Å². The van der Waals surface area contributed by atoms with Crippen molar-refractivity contribution < 1.29 is 14.4 Å². The van der Waals surface area contributed by atoms with Crippen molar-refractivity contribution >= 4 is 18.9 Å². The Kier molecular flexibility index (Phi) is 11.3. The van der Waals surface area contributed by atoms with Gasteiger partial charge in [0.05, 0.1) is 19.6 Å². The molecule has 0 spiro atoms. The minimum atomic E-state index is 0.233. The first-order valence-corrected chi connectivity index (χ1v) is 6.96. The third-order valence-corrected chi connectivity index (χ3v) is 3.37. The van der Waals surface area contributed by atoms with Crippen LogP contribution in [0.3, 0.4) is 0 Å². The Morgan fingerprint density at radius 3 is 2.00 bits per heavy atom. The van der Waals surface area contributed by atoms with Crippen molar-refractivity contribution in [1.82, 2.24) is 9.80 Å². The molecule has 0 heterocycles. The number of hydrogen-bond acceptors (Lipinski definition) is 5. The third kappa shape index (κ3) is 8.61. The highest BCUT2D eigenvalue weighted by Crippen LogP contribution is 2.08. The molecular formula is C14H26N2O3. The molecule has 5 heteroatoms. The average molecular weight is 270 g/mol. The van der Waals surface area contributed by atoms with Crippen molar-refractivity contribution in [2.75, 3.05) is 32.7 Å². The fraction of sp³-hybridized carbons (Fsp3) is 0.786. The molecule has 0 bridgehead atoms. The maximum Gasteiger partial charge on any atom is 0.134 e. The van der Waals surface area contributed by atoms with E-state index in [1.54, 1.807) is 0 Å². The normalized spacial score (nSPS) is 12.6. The summed E-state index contributed by atoms with van der Waals surface area (Å²) >= 11 is 0. The van der Waals surface area contributed by atoms with Gasteiger partial charge < -0.3 is 14.4 Å². The van der Waals surface area contributed by atoms with Crippen molar-refractivity contribution in [3.8, 4) is 0 Å². The first-order valence-electron chi connectivity index (χ1n) is 6.96. The molecule has 0 aliphatic rings. The smallest absolute Gasteiger partial charge is 0.134 e. The summed E-state index contributed by atoms with van der Waals surface area (Å²) in [6.45, 7) is 7.00. The van der Waals surface area contributed by atoms with Crippen LogP contribution in [-0.4, -0.2) is 67.4 Å². The van der Waals surface area contributed by atoms with E-state index < -0.39 is 0 Å². The molecule has 0 aliphatic carbocycles. The molecule has 0 aromatic heterocycles. The fourth-order valence-corrected chi connectivity index (χ4v) is 2.07. The predicted octanol–water partition coefficient (Wildman–Crippen LogP) is 0.766. The van der Waals surface area contributed by atoms with Crippen LogP contribution in [0.2, 0.25) is 0 Å². The molecule has 110 valence electrons. The van der Waals surface area contributed by atoms with Gasteiger partial charge in [-0.2, -0.15) is 0 Å². The molecule has 0 fully saturated rings. The largest absolute Gasteiger partial charge is 0.302 e. The van der Waals surface area contributed by atoms with Crippen LogP contribution >= 0.6 is 0 Å². The summed E-state index contributed by atoms with van der Waals surface area (Å²) in [5.41, 5.74) is 0. The van der Waals surface area contributed by atoms with Crippen LogP contribution in [0.15, 0.2) is 0 Å². The van der Waals surface area contributed by atoms with Gasteiger partial charge in [0, 0.05) is 6.04 Å². The maximum atomic E-state index is 10.5. The molecule has 0 rings (SSSR count). The molecule has 0 aromatic rings. The zero-order chi connectivity index (χ0) is 14.5. The van der Waals surface area contributed by atoms with Gasteiger partial charge in [-0.25, -0.2) is 0 Å². The van der Waals surface area contributed by atoms with Crippen LogP contribution < -0.4 is 0 Å². The van der Waals surface area contributed by atoms with Gasteiger partial charge >= 0.3 is 0 Å². The molecule has 5 nitrogen and oxygen atoms in total. The molecule has 0 saturated heterocycles. The maximum absolute atomic E-state index is 10.5. The highest BCUT2D eigenvalue weighted by Gasteiger charge is 2.12. The van der Waals surface area contributed by atoms with Crippen LogP contribution in [0, 0.1) is 0 Å². The van der Waals surface area contributed by atoms with Crippen molar-refractivity contribution in [3.05, 3.63) is 0 Å². The van der Waals surface area contributed by atoms with Crippen LogP contribution in [0.4, 0.5) is 0 Å². The summed E-state index contributed by atoms with van der Waals surface area (Å²) in [6, 6.07) is 0.233. The Morgan fingerprint density at radius 1 is 0.947 bits per heavy atom. The standard InChI is InChI=1S/C14H26N2O3/c1-3-15(8-11-17)7-5-4-6-14(2)16(9-12-18)10-13-19/h11-14H,3-10H2,1-2H3. The zero-order valence-electron chi connectivity index (χ0n) is 12.1. The van der Waals surface area contributed by atoms with Crippen molar-refractivity contribution in [2.45, 2.75) is 39.2 Å². The highest BCUT2D eigenvalue weighted by molar-refractivity contribution is 5.56. The number of nitrogens with zero attached hydrogens (tertiary/aromatic N) is 2. The van der Waals surface area contributed by atoms with Gasteiger partial charge in [-0.1, -0.05) is 13.3 Å². The van der Waals surface area contributed by atoms with Gasteiger partial charge in [-0.15, -0.1) is 0 Å². The van der Waals surface area contributed by atoms with Gasteiger partial charge in [-0.05, 0) is 32.9 Å². The molecule has 0 aliphatic heterocycles. The molecule has 0 amide bonds. The van der Waals surface area contributed by atoms with Crippen LogP contribution in [0.1, 0.15) is 33.1 Å². The van der Waals surface area contributed by atoms with E-state index in [2.05, 4.69) is 4.90 Å². The van der Waals surface area contributed by atoms with E-state index in [-0.39, 0.29) is 6.04 Å². The number of likely N-dealkylation sites (N-methyl/N-ethyl adjacent to an activating group) is 1. The summed E-state index contributed by atoms with van der Waals surface area (Å²) in [4.78, 5) is 35.5. The Hall–Kier alpha value is -1.07. The average Bonchev–Trinajstić information content (AvgIpc) is 2.41. The molecule has 0 radical (unpaired) electrons. The van der Waals surface area contributed by atoms with Crippen molar-refractivity contribution in [3.63, 3.8) is 0 Å². The van der Waals surface area contributed by atoms with E-state index in [1.165, 1.54) is 0 Å². The summed E-state index contributed by atoms with van der Waals surface area (Å²) < 4.78 is 0. The van der Waals surface area contributed by atoms with E-state index in [0.717, 1.165) is 51.2 Å². The molecule has 0 N–H and O–H groups in total. The first-order chi connectivity index (χ1) is 9.19. The van der Waals surface area contributed by atoms with Crippen molar-refractivity contribution in [1.29, 1.82) is 0 Å². The summed E-state index contributed by atoms with van der Waals surface area (Å²) in [5.74, 6) is 0. The third-order valence-electron chi connectivity index (χ3n) is 3.37. The minimum absolute atomic E-state index is 0.233. The second kappa shape index (κ2) is 12.0. The Labute approximate surface area is 115 Å². The Morgan fingerprint density at radius 2 is 1.53 bits per heavy atom. The number of hydrogen-bond donors (Lipinski definition) is 0. The predicted molar refractivity (Wildman–Crippen MR) is 75.2 cm³/mol. The monoisotopic (exact) mass is 270 g/mol. The number of aldehydes is 3. The lowest BCUT2D eigenvalue weighted by Crippen LogP contribution is -2.36. The van der Waals surface area contributed by atoms with E-state index >= 15 is 0 Å². The lowest BCUT2D eigenvalue weighted by atomic mass is 10.1. The van der Waals surface area contributed by atoms with E-state index in [9.17, 15) is 14.4 Å². The van der Waals surface area contributed by atoms with E-state index in [0.29, 0.717) is 19.6 Å². The SMILES string of the molecule is CCN(CC=O)CCCCC(C)N(CC=O)CC=O. The molecule has 1 unspecified atom stereocenters. The molecule has 1 atom stereocenters. The van der Waals surface area contributed by atoms with Crippen molar-refractivity contribution in [2.24, 2.45) is 0 Å². The molecular weight excluding hydrogens is 244 g/mol. The van der Waals surface area contributed by atoms with Crippen LogP contribution in [0.25, 0.3) is 0 Å². The molecule has 0 saturated carbocycles. The van der Waals surface area contributed by atoms with Crippen LogP contribution in [0.5, 0.6) is 0 Å². The zero-order valence-corrected chi connectivity index (χ0v) is 12.1. The quantitative estimate of drug-likeness (QED) is 0.365. The summed E-state index contributed by atoms with van der Waals surface area (Å²) in [5, 5.41) is 0. The highest BCUT2D eigenvalue weighted by atomic mass is 16.1. The second-order valence-corrected chi connectivity index (χ2v) is 4.69. The minimum Gasteiger partial charge on any atom is -0.302 e. The number of carbonyl (C=O) groups is 3. The topological polar surface area (TPSA) is 57.7 Å². The van der Waals surface area contributed by atoms with E-state index in [1.807, 2.05) is 18.7 Å². The second-order valence-electron chi connectivity index (χ2n) is 4.69. The van der Waals surface area contributed by atoms with Gasteiger partial charge in [0.25, 0.3) is 0 Å². The number of unbranched alkanes of at least 4 members (excludes halogenated alkanes) is 1. The summed E-state index contributed by atoms with van der Waals surface area (Å²) in [7, 11) is 0. The molecule has 0 aromatic carbocycles. The van der Waals surface area contributed by atoms with Gasteiger partial charge in [0.2, 0.25) is 0 Å². The Bertz CT molecular complexity index is 249. The first kappa shape index (κ1) is 17.9. The van der Waals surface area contributed by atoms with Gasteiger partial charge in [-0.3, -0.25) is 9.80 Å². The van der Waals surface area contributed by atoms with Gasteiger partial charge in [0.1, 0.15) is 18.9 Å². The number of carbonyl (C=O) groups excluding carboxylic acids is 3. The number of rotatable bonds is 13. The molecule has 19 heavy (non-hydrogen) atoms. The van der Waals surface area contributed by atoms with E-state index in [4.69, 9.17) is 0 Å². The lowest BCUT2D eigenvalue weighted by Gasteiger charge is -2.25. The fourth-order valence-electron chi connectivity index (χ4n) is 2.07. The summed E-state index contributed by atoms with van der Waals surface area (Å²) in [6.07, 6.45) is 5.63. The van der Waals surface area contributed by atoms with Gasteiger partial charge in [0.15, 0.2) is 0 Å². The lowest BCUT2D eigenvalue weighted by molar-refractivity contribution is -0.112.